The molecule has 0 aliphatic carbocycles. The highest BCUT2D eigenvalue weighted by Crippen LogP contribution is 2.45. The summed E-state index contributed by atoms with van der Waals surface area (Å²) in [4.78, 5) is 13.9. The predicted molar refractivity (Wildman–Crippen MR) is 196 cm³/mol. The lowest BCUT2D eigenvalue weighted by atomic mass is 9.71. The van der Waals surface area contributed by atoms with Crippen molar-refractivity contribution in [2.45, 2.75) is 25.7 Å². The molecule has 0 unspecified atom stereocenters. The second kappa shape index (κ2) is 15.2. The molecule has 2 saturated heterocycles. The Hall–Kier alpha value is -3.47. The number of piperidine rings is 2. The van der Waals surface area contributed by atoms with E-state index in [4.69, 9.17) is 15.1 Å². The van der Waals surface area contributed by atoms with E-state index in [0.29, 0.717) is 39.6 Å². The lowest BCUT2D eigenvalue weighted by Gasteiger charge is -2.47. The molecule has 2 fully saturated rings. The molecule has 252 valence electrons. The van der Waals surface area contributed by atoms with Crippen LogP contribution in [0.5, 0.6) is 5.75 Å². The minimum absolute atomic E-state index is 0.283. The number of nitrogens with zero attached hydrogens (tertiary/aromatic N) is 4. The summed E-state index contributed by atoms with van der Waals surface area (Å²) in [7, 11) is 0.922. The topological polar surface area (TPSA) is 118 Å². The van der Waals surface area contributed by atoms with Gasteiger partial charge in [0, 0.05) is 73.5 Å². The molecule has 0 atom stereocenters. The van der Waals surface area contributed by atoms with Gasteiger partial charge in [0.2, 0.25) is 5.95 Å². The largest absolute Gasteiger partial charge is 0.494 e. The van der Waals surface area contributed by atoms with Crippen molar-refractivity contribution in [3.63, 3.8) is 0 Å². The number of rotatable bonds is 12. The van der Waals surface area contributed by atoms with Crippen LogP contribution in [0.4, 0.5) is 33.2 Å². The van der Waals surface area contributed by atoms with Crippen LogP contribution in [0.1, 0.15) is 31.2 Å². The Labute approximate surface area is 285 Å². The maximum absolute atomic E-state index is 13.0. The first-order valence-corrected chi connectivity index (χ1v) is 19.3. The smallest absolute Gasteiger partial charge is 0.229 e. The lowest BCUT2D eigenvalue weighted by molar-refractivity contribution is 0.0764. The number of methoxy groups -OCH3 is 1. The van der Waals surface area contributed by atoms with E-state index in [2.05, 4.69) is 46.7 Å². The number of benzene rings is 2. The van der Waals surface area contributed by atoms with Gasteiger partial charge in [-0.2, -0.15) is 4.98 Å². The SMILES string of the molecule is CN/C=C(\C=N)c1cc(Nc2ncc(Br)c(Nc3ccccc3P(C)(C)=O)n2)c(OC)cc1N1CCC2(CCN(CCF)CC2)CC1. The van der Waals surface area contributed by atoms with Crippen LogP contribution in [0.3, 0.4) is 0 Å². The van der Waals surface area contributed by atoms with Crippen molar-refractivity contribution < 1.29 is 13.7 Å². The van der Waals surface area contributed by atoms with E-state index in [0.717, 1.165) is 79.7 Å². The first-order valence-electron chi connectivity index (χ1n) is 15.9. The van der Waals surface area contributed by atoms with Gasteiger partial charge in [-0.1, -0.05) is 12.1 Å². The average molecular weight is 728 g/mol. The summed E-state index contributed by atoms with van der Waals surface area (Å²) in [5.41, 5.74) is 4.29. The molecule has 3 aromatic rings. The van der Waals surface area contributed by atoms with E-state index >= 15 is 0 Å². The normalized spacial score (nSPS) is 17.0. The van der Waals surface area contributed by atoms with Crippen LogP contribution in [-0.4, -0.2) is 88.0 Å². The molecular formula is C34H45BrFN8O2P. The first-order chi connectivity index (χ1) is 22.6. The minimum atomic E-state index is -2.54. The molecule has 2 aromatic carbocycles. The molecule has 1 spiro atoms. The van der Waals surface area contributed by atoms with E-state index in [1.54, 1.807) is 26.6 Å². The third-order valence-electron chi connectivity index (χ3n) is 9.29. The van der Waals surface area contributed by atoms with E-state index in [9.17, 15) is 8.96 Å². The van der Waals surface area contributed by atoms with Gasteiger partial charge >= 0.3 is 0 Å². The Morgan fingerprint density at radius 1 is 1.11 bits per heavy atom. The Balaban J connectivity index is 1.43. The van der Waals surface area contributed by atoms with Crippen LogP contribution < -0.4 is 30.9 Å². The quantitative estimate of drug-likeness (QED) is 0.118. The molecule has 47 heavy (non-hydrogen) atoms. The molecule has 2 aliphatic heterocycles. The van der Waals surface area contributed by atoms with Gasteiger partial charge in [-0.05, 0) is 91.6 Å². The van der Waals surface area contributed by atoms with Gasteiger partial charge in [-0.25, -0.2) is 9.37 Å². The average Bonchev–Trinajstić information content (AvgIpc) is 3.06. The summed E-state index contributed by atoms with van der Waals surface area (Å²) in [6, 6.07) is 11.5. The van der Waals surface area contributed by atoms with Crippen LogP contribution >= 0.6 is 23.1 Å². The lowest BCUT2D eigenvalue weighted by Crippen LogP contribution is -2.47. The van der Waals surface area contributed by atoms with E-state index in [1.807, 2.05) is 49.6 Å². The summed E-state index contributed by atoms with van der Waals surface area (Å²) in [6.07, 6.45) is 9.20. The van der Waals surface area contributed by atoms with Crippen LogP contribution in [0.15, 0.2) is 53.3 Å². The fourth-order valence-electron chi connectivity index (χ4n) is 6.59. The number of allylic oxidation sites excluding steroid dienone is 1. The number of anilines is 5. The van der Waals surface area contributed by atoms with Crippen LogP contribution in [0, 0.1) is 10.8 Å². The van der Waals surface area contributed by atoms with Gasteiger partial charge in [-0.15, -0.1) is 0 Å². The van der Waals surface area contributed by atoms with Gasteiger partial charge in [-0.3, -0.25) is 0 Å². The molecule has 3 heterocycles. The number of aromatic nitrogens is 2. The van der Waals surface area contributed by atoms with Crippen molar-refractivity contribution >= 4 is 69.0 Å². The standard InChI is InChI=1S/C34H45BrFN8O2P/c1-38-22-24(21-37)25-19-28(41-33-39-23-26(35)32(42-33)40-27-7-5-6-8-31(27)47(3,4)45)30(46-2)20-29(25)44-16-11-34(12-17-44)9-14-43(15-10-34)18-13-36/h5-8,19-23,37-38H,9-18H2,1-4H3,(H2,39,40,41,42)/b24-22+,37-21?. The second-order valence-electron chi connectivity index (χ2n) is 12.6. The Bertz CT molecular complexity index is 1650. The maximum atomic E-state index is 13.0. The number of likely N-dealkylation sites (tertiary alicyclic amines) is 1. The maximum Gasteiger partial charge on any atom is 0.229 e. The number of ether oxygens (including phenoxy) is 1. The fraction of sp³-hybridized carbons (Fsp3) is 0.441. The number of hydrogen-bond acceptors (Lipinski definition) is 10. The number of para-hydroxylation sites is 1. The third kappa shape index (κ3) is 8.16. The van der Waals surface area contributed by atoms with Crippen molar-refractivity contribution in [2.24, 2.45) is 5.41 Å². The molecule has 0 radical (unpaired) electrons. The van der Waals surface area contributed by atoms with Gasteiger partial charge in [0.15, 0.2) is 0 Å². The van der Waals surface area contributed by atoms with E-state index in [-0.39, 0.29) is 6.67 Å². The summed E-state index contributed by atoms with van der Waals surface area (Å²) >= 11 is 3.55. The molecule has 0 amide bonds. The Kier molecular flexibility index (Phi) is 11.3. The fourth-order valence-corrected chi connectivity index (χ4v) is 8.03. The molecule has 4 N–H and O–H groups in total. The molecule has 2 aliphatic rings. The predicted octanol–water partition coefficient (Wildman–Crippen LogP) is 6.84. The van der Waals surface area contributed by atoms with Gasteiger partial charge in [0.1, 0.15) is 25.4 Å². The summed E-state index contributed by atoms with van der Waals surface area (Å²) < 4.78 is 32.4. The summed E-state index contributed by atoms with van der Waals surface area (Å²) in [6.45, 7) is 7.46. The van der Waals surface area contributed by atoms with E-state index < -0.39 is 7.14 Å². The summed E-state index contributed by atoms with van der Waals surface area (Å²) in [5.74, 6) is 1.49. The number of halogens is 2. The van der Waals surface area contributed by atoms with Gasteiger partial charge in [0.25, 0.3) is 0 Å². The van der Waals surface area contributed by atoms with E-state index in [1.165, 1.54) is 6.21 Å². The molecule has 0 saturated carbocycles. The van der Waals surface area contributed by atoms with Crippen LogP contribution in [-0.2, 0) is 4.57 Å². The van der Waals surface area contributed by atoms with Crippen LogP contribution in [0.25, 0.3) is 5.57 Å². The van der Waals surface area contributed by atoms with Crippen molar-refractivity contribution in [1.29, 1.82) is 5.41 Å². The molecule has 1 aromatic heterocycles. The van der Waals surface area contributed by atoms with Gasteiger partial charge < -0.3 is 40.5 Å². The van der Waals surface area contributed by atoms with Crippen molar-refractivity contribution in [3.8, 4) is 5.75 Å². The molecule has 10 nitrogen and oxygen atoms in total. The Morgan fingerprint density at radius 3 is 2.45 bits per heavy atom. The van der Waals surface area contributed by atoms with Crippen LogP contribution in [0.2, 0.25) is 0 Å². The highest BCUT2D eigenvalue weighted by Gasteiger charge is 2.38. The zero-order chi connectivity index (χ0) is 33.6. The van der Waals surface area contributed by atoms with Crippen molar-refractivity contribution in [3.05, 3.63) is 58.8 Å². The summed E-state index contributed by atoms with van der Waals surface area (Å²) in [5, 5.41) is 18.7. The van der Waals surface area contributed by atoms with Crippen molar-refractivity contribution in [2.75, 3.05) is 82.4 Å². The van der Waals surface area contributed by atoms with Gasteiger partial charge in [0.05, 0.1) is 23.0 Å². The first kappa shape index (κ1) is 34.9. The zero-order valence-corrected chi connectivity index (χ0v) is 30.1. The number of nitrogens with one attached hydrogen (secondary N) is 4. The zero-order valence-electron chi connectivity index (χ0n) is 27.6. The molecule has 13 heteroatoms. The third-order valence-corrected chi connectivity index (χ3v) is 11.4. The van der Waals surface area contributed by atoms with Crippen molar-refractivity contribution in [1.82, 2.24) is 20.2 Å². The molecule has 0 bridgehead atoms. The second-order valence-corrected chi connectivity index (χ2v) is 16.7. The molecule has 5 rings (SSSR count). The highest BCUT2D eigenvalue weighted by atomic mass is 79.9. The monoisotopic (exact) mass is 726 g/mol. The number of hydrogen-bond donors (Lipinski definition) is 4. The minimum Gasteiger partial charge on any atom is -0.494 e. The highest BCUT2D eigenvalue weighted by molar-refractivity contribution is 9.10. The number of alkyl halides is 1. The molecular weight excluding hydrogens is 682 g/mol. The Morgan fingerprint density at radius 2 is 1.81 bits per heavy atom.